The second-order valence-electron chi connectivity index (χ2n) is 11.0. The van der Waals surface area contributed by atoms with Gasteiger partial charge in [0.15, 0.2) is 0 Å². The third-order valence-electron chi connectivity index (χ3n) is 7.51. The molecule has 234 valence electrons. The van der Waals surface area contributed by atoms with E-state index in [1.54, 1.807) is 6.08 Å². The topological polar surface area (TPSA) is 71.1 Å². The molecule has 2 aromatic carbocycles. The van der Waals surface area contributed by atoms with Crippen molar-refractivity contribution in [2.45, 2.75) is 90.9 Å². The van der Waals surface area contributed by atoms with Crippen molar-refractivity contribution in [1.29, 1.82) is 0 Å². The van der Waals surface area contributed by atoms with Gasteiger partial charge in [-0.2, -0.15) is 0 Å². The first-order valence-corrected chi connectivity index (χ1v) is 16.1. The van der Waals surface area contributed by atoms with Gasteiger partial charge in [-0.05, 0) is 53.2 Å². The number of aliphatic imine (C=N–C) groups is 1. The Morgan fingerprint density at radius 3 is 2.00 bits per heavy atom. The van der Waals surface area contributed by atoms with Crippen LogP contribution in [0, 0.1) is 6.57 Å². The Morgan fingerprint density at radius 1 is 0.864 bits per heavy atom. The lowest BCUT2D eigenvalue weighted by molar-refractivity contribution is -0.378. The fourth-order valence-corrected chi connectivity index (χ4v) is 4.99. The minimum Gasteiger partial charge on any atom is -0.372 e. The molecule has 1 aliphatic rings. The lowest BCUT2D eigenvalue weighted by atomic mass is 10.1. The minimum atomic E-state index is -0.596. The maximum absolute atomic E-state index is 12.5. The molecule has 0 bridgehead atoms. The van der Waals surface area contributed by atoms with Crippen molar-refractivity contribution in [3.05, 3.63) is 89.5 Å². The normalized spacial score (nSPS) is 13.8. The van der Waals surface area contributed by atoms with Gasteiger partial charge in [-0.1, -0.05) is 122 Å². The summed E-state index contributed by atoms with van der Waals surface area (Å²) in [6, 6.07) is 16.1. The van der Waals surface area contributed by atoms with E-state index in [0.717, 1.165) is 36.2 Å². The van der Waals surface area contributed by atoms with Gasteiger partial charge in [0.05, 0.1) is 11.3 Å². The molecular weight excluding hydrogens is 550 g/mol. The standard InChI is InChI=1S/C36H47N5O3/c1-5-8-10-12-14-16-26-40(27-17-15-13-11-9-6-2)33-24-20-31(21-25-33)29-38-32-22-18-30(19-23-32)28-34-35(37-4)39-41(36(34)42)44-43-7-3/h7,18-25,28-29H,3,5-6,8-17,26-27H2,1-2H3/b34-28-,38-29?. The Morgan fingerprint density at radius 2 is 1.43 bits per heavy atom. The van der Waals surface area contributed by atoms with Crippen LogP contribution in [0.1, 0.15) is 102 Å². The van der Waals surface area contributed by atoms with Crippen molar-refractivity contribution in [2.24, 2.45) is 10.1 Å². The number of unbranched alkanes of at least 4 members (excludes halogenated alkanes) is 10. The highest BCUT2D eigenvalue weighted by atomic mass is 17.3. The average Bonchev–Trinajstić information content (AvgIpc) is 3.35. The van der Waals surface area contributed by atoms with Gasteiger partial charge in [-0.25, -0.2) is 0 Å². The summed E-state index contributed by atoms with van der Waals surface area (Å²) >= 11 is 0. The smallest absolute Gasteiger partial charge is 0.316 e. The summed E-state index contributed by atoms with van der Waals surface area (Å²) in [5.74, 6) is -0.674. The highest BCUT2D eigenvalue weighted by molar-refractivity contribution is 6.29. The van der Waals surface area contributed by atoms with Gasteiger partial charge in [-0.15, -0.1) is 0 Å². The van der Waals surface area contributed by atoms with E-state index in [2.05, 4.69) is 69.4 Å². The first-order valence-electron chi connectivity index (χ1n) is 16.1. The van der Waals surface area contributed by atoms with Gasteiger partial charge < -0.3 is 14.6 Å². The van der Waals surface area contributed by atoms with E-state index in [9.17, 15) is 4.79 Å². The number of hydrazone groups is 1. The minimum absolute atomic E-state index is 0.0780. The zero-order chi connectivity index (χ0) is 31.4. The van der Waals surface area contributed by atoms with Gasteiger partial charge in [0.1, 0.15) is 6.26 Å². The maximum Gasteiger partial charge on any atom is 0.316 e. The molecule has 0 radical (unpaired) electrons. The Balaban J connectivity index is 1.59. The molecule has 0 spiro atoms. The Kier molecular flexibility index (Phi) is 15.5. The molecule has 1 heterocycles. The predicted octanol–water partition coefficient (Wildman–Crippen LogP) is 9.43. The predicted molar refractivity (Wildman–Crippen MR) is 180 cm³/mol. The van der Waals surface area contributed by atoms with E-state index >= 15 is 0 Å². The van der Waals surface area contributed by atoms with Crippen molar-refractivity contribution < 1.29 is 14.7 Å². The molecule has 8 heteroatoms. The largest absolute Gasteiger partial charge is 0.372 e. The number of amidine groups is 1. The van der Waals surface area contributed by atoms with Gasteiger partial charge in [0, 0.05) is 35.3 Å². The Bertz CT molecular complexity index is 1280. The Hall–Kier alpha value is -4.22. The van der Waals surface area contributed by atoms with Crippen LogP contribution in [0.3, 0.4) is 0 Å². The molecule has 0 fully saturated rings. The van der Waals surface area contributed by atoms with Crippen molar-refractivity contribution in [2.75, 3.05) is 18.0 Å². The number of nitrogens with zero attached hydrogens (tertiary/aromatic N) is 5. The zero-order valence-corrected chi connectivity index (χ0v) is 26.4. The summed E-state index contributed by atoms with van der Waals surface area (Å²) in [4.78, 5) is 32.3. The van der Waals surface area contributed by atoms with Crippen LogP contribution in [-0.4, -0.2) is 36.2 Å². The molecule has 0 aliphatic carbocycles. The SMILES string of the molecule is [C-]#[N+]C1=NN(OOC=C)C(=O)/C1=C\c1ccc(N=Cc2ccc(N(CCCCCCCC)CCCCCCCC)cc2)cc1. The van der Waals surface area contributed by atoms with Crippen molar-refractivity contribution in [1.82, 2.24) is 5.17 Å². The second kappa shape index (κ2) is 19.9. The van der Waals surface area contributed by atoms with Crippen molar-refractivity contribution in [3.63, 3.8) is 0 Å². The Labute approximate surface area is 263 Å². The third-order valence-corrected chi connectivity index (χ3v) is 7.51. The van der Waals surface area contributed by atoms with E-state index in [4.69, 9.17) is 11.6 Å². The van der Waals surface area contributed by atoms with Gasteiger partial charge >= 0.3 is 11.7 Å². The number of hydroxylamine groups is 1. The average molecular weight is 598 g/mol. The third kappa shape index (κ3) is 11.5. The number of carbonyl (C=O) groups excluding carboxylic acids is 1. The number of anilines is 1. The van der Waals surface area contributed by atoms with Crippen LogP contribution in [0.2, 0.25) is 0 Å². The van der Waals surface area contributed by atoms with Crippen LogP contribution < -0.4 is 4.90 Å². The van der Waals surface area contributed by atoms with Crippen molar-refractivity contribution >= 4 is 35.4 Å². The molecule has 0 N–H and O–H groups in total. The number of hydrogen-bond acceptors (Lipinski definition) is 6. The fourth-order valence-electron chi connectivity index (χ4n) is 4.99. The lowest BCUT2D eigenvalue weighted by Gasteiger charge is -2.25. The summed E-state index contributed by atoms with van der Waals surface area (Å²) < 4.78 is 0. The number of benzene rings is 2. The zero-order valence-electron chi connectivity index (χ0n) is 26.4. The first kappa shape index (κ1) is 34.3. The maximum atomic E-state index is 12.5. The fraction of sp³-hybridized carbons (Fsp3) is 0.444. The van der Waals surface area contributed by atoms with Gasteiger partial charge in [0.2, 0.25) is 0 Å². The number of rotatable bonds is 21. The van der Waals surface area contributed by atoms with E-state index < -0.39 is 5.91 Å². The molecule has 0 aromatic heterocycles. The van der Waals surface area contributed by atoms with Crippen molar-refractivity contribution in [3.8, 4) is 0 Å². The number of carbonyl (C=O) groups is 1. The number of hydrogen-bond donors (Lipinski definition) is 0. The molecule has 44 heavy (non-hydrogen) atoms. The van der Waals surface area contributed by atoms with Crippen LogP contribution >= 0.6 is 0 Å². The molecule has 3 rings (SSSR count). The highest BCUT2D eigenvalue weighted by Gasteiger charge is 2.35. The lowest BCUT2D eigenvalue weighted by Crippen LogP contribution is -2.25. The molecule has 0 atom stereocenters. The van der Waals surface area contributed by atoms with E-state index in [-0.39, 0.29) is 11.4 Å². The number of amides is 1. The highest BCUT2D eigenvalue weighted by Crippen LogP contribution is 2.22. The molecule has 0 saturated heterocycles. The molecule has 1 aliphatic heterocycles. The quantitative estimate of drug-likeness (QED) is 0.0273. The monoisotopic (exact) mass is 597 g/mol. The van der Waals surface area contributed by atoms with E-state index in [1.807, 2.05) is 30.5 Å². The first-order chi connectivity index (χ1) is 21.6. The molecular formula is C36H47N5O3. The molecule has 8 nitrogen and oxygen atoms in total. The molecule has 0 saturated carbocycles. The molecule has 0 unspecified atom stereocenters. The van der Waals surface area contributed by atoms with E-state index in [1.165, 1.54) is 82.7 Å². The van der Waals surface area contributed by atoms with Crippen LogP contribution in [0.15, 0.2) is 77.0 Å². The van der Waals surface area contributed by atoms with Crippen LogP contribution in [0.4, 0.5) is 11.4 Å². The summed E-state index contributed by atoms with van der Waals surface area (Å²) in [5.41, 5.74) is 3.95. The molecule has 2 aromatic rings. The molecule has 1 amide bonds. The second-order valence-corrected chi connectivity index (χ2v) is 11.0. The summed E-state index contributed by atoms with van der Waals surface area (Å²) in [6.45, 7) is 17.4. The summed E-state index contributed by atoms with van der Waals surface area (Å²) in [7, 11) is 0. The van der Waals surface area contributed by atoms with Gasteiger partial charge in [-0.3, -0.25) is 9.79 Å². The summed E-state index contributed by atoms with van der Waals surface area (Å²) in [6.07, 6.45) is 20.2. The van der Waals surface area contributed by atoms with Gasteiger partial charge in [0.25, 0.3) is 0 Å². The van der Waals surface area contributed by atoms with Crippen LogP contribution in [0.5, 0.6) is 0 Å². The van der Waals surface area contributed by atoms with Crippen LogP contribution in [0.25, 0.3) is 10.9 Å². The van der Waals surface area contributed by atoms with E-state index in [0.29, 0.717) is 5.17 Å². The van der Waals surface area contributed by atoms with Crippen LogP contribution in [-0.2, 0) is 14.7 Å². The summed E-state index contributed by atoms with van der Waals surface area (Å²) in [5, 5.41) is 4.43.